The Morgan fingerprint density at radius 1 is 1.48 bits per heavy atom. The molecule has 21 heavy (non-hydrogen) atoms. The maximum atomic E-state index is 11.3. The lowest BCUT2D eigenvalue weighted by Crippen LogP contribution is -2.44. The first-order valence-corrected chi connectivity index (χ1v) is 7.12. The zero-order chi connectivity index (χ0) is 15.2. The van der Waals surface area contributed by atoms with Gasteiger partial charge in [0.1, 0.15) is 5.69 Å². The summed E-state index contributed by atoms with van der Waals surface area (Å²) < 4.78 is 0. The molecule has 2 aliphatic heterocycles. The van der Waals surface area contributed by atoms with Gasteiger partial charge in [-0.15, -0.1) is 0 Å². The van der Waals surface area contributed by atoms with Gasteiger partial charge < -0.3 is 10.2 Å². The molecule has 0 bridgehead atoms. The molecule has 2 aliphatic rings. The summed E-state index contributed by atoms with van der Waals surface area (Å²) in [4.78, 5) is 13.1. The molecule has 1 aromatic rings. The van der Waals surface area contributed by atoms with Gasteiger partial charge in [0, 0.05) is 31.2 Å². The van der Waals surface area contributed by atoms with E-state index in [9.17, 15) is 10.1 Å². The normalized spacial score (nSPS) is 26.4. The van der Waals surface area contributed by atoms with Crippen LogP contribution in [0.1, 0.15) is 19.4 Å². The van der Waals surface area contributed by atoms with E-state index in [-0.39, 0.29) is 16.1 Å². The summed E-state index contributed by atoms with van der Waals surface area (Å²) in [6.45, 7) is 6.96. The number of hydrogen-bond donors (Lipinski definition) is 1. The number of benzene rings is 1. The van der Waals surface area contributed by atoms with Crippen molar-refractivity contribution >= 4 is 11.4 Å². The quantitative estimate of drug-likeness (QED) is 0.663. The number of nitrogens with zero attached hydrogens (tertiary/aromatic N) is 3. The highest BCUT2D eigenvalue weighted by Crippen LogP contribution is 2.45. The third-order valence-corrected chi connectivity index (χ3v) is 4.95. The van der Waals surface area contributed by atoms with Crippen molar-refractivity contribution in [3.63, 3.8) is 0 Å². The molecule has 110 valence electrons. The van der Waals surface area contributed by atoms with E-state index in [1.165, 1.54) is 12.1 Å². The molecule has 3 rings (SSSR count). The molecule has 6 nitrogen and oxygen atoms in total. The van der Waals surface area contributed by atoms with E-state index in [4.69, 9.17) is 5.26 Å². The topological polar surface area (TPSA) is 82.2 Å². The first kappa shape index (κ1) is 13.8. The van der Waals surface area contributed by atoms with Crippen LogP contribution in [0.2, 0.25) is 0 Å². The van der Waals surface area contributed by atoms with Crippen molar-refractivity contribution < 1.29 is 4.92 Å². The Morgan fingerprint density at radius 2 is 2.24 bits per heavy atom. The van der Waals surface area contributed by atoms with E-state index in [1.807, 2.05) is 0 Å². The molecule has 2 atom stereocenters. The molecule has 2 heterocycles. The van der Waals surface area contributed by atoms with Gasteiger partial charge in [0.05, 0.1) is 16.6 Å². The highest BCUT2D eigenvalue weighted by atomic mass is 16.6. The van der Waals surface area contributed by atoms with Crippen LogP contribution in [0.5, 0.6) is 0 Å². The number of rotatable bonds is 2. The lowest BCUT2D eigenvalue weighted by molar-refractivity contribution is -0.384. The van der Waals surface area contributed by atoms with Crippen LogP contribution in [0.25, 0.3) is 0 Å². The summed E-state index contributed by atoms with van der Waals surface area (Å²) in [6, 6.07) is 6.67. The Hall–Kier alpha value is -2.13. The van der Waals surface area contributed by atoms with Crippen LogP contribution in [-0.4, -0.2) is 30.1 Å². The monoisotopic (exact) mass is 286 g/mol. The largest absolute Gasteiger partial charge is 0.360 e. The minimum absolute atomic E-state index is 0.0787. The van der Waals surface area contributed by atoms with Crippen molar-refractivity contribution in [3.05, 3.63) is 33.9 Å². The van der Waals surface area contributed by atoms with Crippen LogP contribution >= 0.6 is 0 Å². The Balaban J connectivity index is 2.08. The molecule has 0 aliphatic carbocycles. The summed E-state index contributed by atoms with van der Waals surface area (Å²) >= 11 is 0. The number of fused-ring (bicyclic) bond motifs is 1. The molecule has 0 saturated carbocycles. The SMILES string of the molecule is CC1(C)C2CNCC2CN1c1cc(C#N)ccc1[N+](=O)[O-]. The Kier molecular flexibility index (Phi) is 3.10. The second-order valence-corrected chi connectivity index (χ2v) is 6.36. The van der Waals surface area contributed by atoms with E-state index in [1.54, 1.807) is 6.07 Å². The van der Waals surface area contributed by atoms with E-state index in [0.29, 0.717) is 23.1 Å². The number of nitriles is 1. The highest BCUT2D eigenvalue weighted by molar-refractivity contribution is 5.68. The minimum Gasteiger partial charge on any atom is -0.360 e. The summed E-state index contributed by atoms with van der Waals surface area (Å²) in [6.07, 6.45) is 0. The Labute approximate surface area is 123 Å². The molecule has 1 N–H and O–H groups in total. The highest BCUT2D eigenvalue weighted by Gasteiger charge is 2.50. The number of nitro benzene ring substituents is 1. The summed E-state index contributed by atoms with van der Waals surface area (Å²) in [5.74, 6) is 0.980. The fourth-order valence-corrected chi connectivity index (χ4v) is 3.79. The molecule has 2 saturated heterocycles. The van der Waals surface area contributed by atoms with Gasteiger partial charge in [-0.2, -0.15) is 5.26 Å². The molecule has 0 spiro atoms. The maximum absolute atomic E-state index is 11.3. The van der Waals surface area contributed by atoms with Crippen molar-refractivity contribution in [1.82, 2.24) is 5.32 Å². The lowest BCUT2D eigenvalue weighted by Gasteiger charge is -2.37. The molecule has 0 aromatic heterocycles. The van der Waals surface area contributed by atoms with Gasteiger partial charge in [-0.05, 0) is 37.8 Å². The lowest BCUT2D eigenvalue weighted by atomic mass is 9.84. The molecule has 0 radical (unpaired) electrons. The molecular formula is C15H18N4O2. The van der Waals surface area contributed by atoms with Crippen LogP contribution in [0.4, 0.5) is 11.4 Å². The smallest absolute Gasteiger partial charge is 0.292 e. The van der Waals surface area contributed by atoms with Gasteiger partial charge in [-0.25, -0.2) is 0 Å². The van der Waals surface area contributed by atoms with Gasteiger partial charge in [0.15, 0.2) is 0 Å². The van der Waals surface area contributed by atoms with Gasteiger partial charge in [0.2, 0.25) is 0 Å². The number of nitro groups is 1. The van der Waals surface area contributed by atoms with Gasteiger partial charge >= 0.3 is 0 Å². The van der Waals surface area contributed by atoms with Crippen LogP contribution in [0.3, 0.4) is 0 Å². The van der Waals surface area contributed by atoms with E-state index >= 15 is 0 Å². The zero-order valence-electron chi connectivity index (χ0n) is 12.2. The fourth-order valence-electron chi connectivity index (χ4n) is 3.79. The molecule has 2 unspecified atom stereocenters. The second-order valence-electron chi connectivity index (χ2n) is 6.36. The summed E-state index contributed by atoms with van der Waals surface area (Å²) in [5.41, 5.74) is 0.947. The second kappa shape index (κ2) is 4.71. The summed E-state index contributed by atoms with van der Waals surface area (Å²) in [7, 11) is 0. The van der Waals surface area contributed by atoms with Gasteiger partial charge in [-0.1, -0.05) is 0 Å². The van der Waals surface area contributed by atoms with Crippen molar-refractivity contribution in [1.29, 1.82) is 5.26 Å². The van der Waals surface area contributed by atoms with Crippen molar-refractivity contribution in [2.45, 2.75) is 19.4 Å². The standard InChI is InChI=1S/C15H18N4O2/c1-15(2)12-8-17-7-11(12)9-18(15)14-5-10(6-16)3-4-13(14)19(20)21/h3-5,11-12,17H,7-9H2,1-2H3. The zero-order valence-corrected chi connectivity index (χ0v) is 12.2. The number of nitrogens with one attached hydrogen (secondary N) is 1. The molecule has 2 fully saturated rings. The van der Waals surface area contributed by atoms with E-state index in [0.717, 1.165) is 19.6 Å². The third-order valence-electron chi connectivity index (χ3n) is 4.95. The first-order valence-electron chi connectivity index (χ1n) is 7.12. The minimum atomic E-state index is -0.362. The predicted molar refractivity (Wildman–Crippen MR) is 79.1 cm³/mol. The number of anilines is 1. The van der Waals surface area contributed by atoms with Crippen molar-refractivity contribution in [2.24, 2.45) is 11.8 Å². The van der Waals surface area contributed by atoms with Crippen LogP contribution in [0.15, 0.2) is 18.2 Å². The predicted octanol–water partition coefficient (Wildman–Crippen LogP) is 1.90. The van der Waals surface area contributed by atoms with Gasteiger partial charge in [0.25, 0.3) is 5.69 Å². The molecular weight excluding hydrogens is 268 g/mol. The van der Waals surface area contributed by atoms with Gasteiger partial charge in [-0.3, -0.25) is 10.1 Å². The average molecular weight is 286 g/mol. The Morgan fingerprint density at radius 3 is 2.86 bits per heavy atom. The molecule has 0 amide bonds. The average Bonchev–Trinajstić information content (AvgIpc) is 3.00. The van der Waals surface area contributed by atoms with Crippen molar-refractivity contribution in [3.8, 4) is 6.07 Å². The Bertz CT molecular complexity index is 635. The van der Waals surface area contributed by atoms with Crippen LogP contribution < -0.4 is 10.2 Å². The fraction of sp³-hybridized carbons (Fsp3) is 0.533. The molecule has 6 heteroatoms. The summed E-state index contributed by atoms with van der Waals surface area (Å²) in [5, 5.41) is 23.8. The molecule has 1 aromatic carbocycles. The first-order chi connectivity index (χ1) is 9.95. The third kappa shape index (κ3) is 2.05. The number of hydrogen-bond acceptors (Lipinski definition) is 5. The van der Waals surface area contributed by atoms with Crippen LogP contribution in [0, 0.1) is 33.3 Å². The van der Waals surface area contributed by atoms with Crippen LogP contribution in [-0.2, 0) is 0 Å². The van der Waals surface area contributed by atoms with E-state index < -0.39 is 0 Å². The maximum Gasteiger partial charge on any atom is 0.292 e. The van der Waals surface area contributed by atoms with E-state index in [2.05, 4.69) is 30.1 Å². The van der Waals surface area contributed by atoms with Crippen molar-refractivity contribution in [2.75, 3.05) is 24.5 Å².